The van der Waals surface area contributed by atoms with Crippen LogP contribution in [0, 0.1) is 24.0 Å². The van der Waals surface area contributed by atoms with Crippen LogP contribution in [0.15, 0.2) is 36.4 Å². The highest BCUT2D eigenvalue weighted by Gasteiger charge is 2.12. The molecule has 2 aromatic carbocycles. The second kappa shape index (κ2) is 7.11. The molecule has 0 unspecified atom stereocenters. The Morgan fingerprint density at radius 2 is 1.91 bits per heavy atom. The third kappa shape index (κ3) is 4.43. The maximum absolute atomic E-state index is 11.8. The maximum atomic E-state index is 11.8. The van der Waals surface area contributed by atoms with Crippen LogP contribution >= 0.6 is 11.6 Å². The molecule has 0 aliphatic heterocycles. The molecule has 0 aliphatic rings. The van der Waals surface area contributed by atoms with Gasteiger partial charge in [-0.1, -0.05) is 11.6 Å². The van der Waals surface area contributed by atoms with Crippen LogP contribution < -0.4 is 9.47 Å². The zero-order valence-corrected chi connectivity index (χ0v) is 13.3. The highest BCUT2D eigenvalue weighted by atomic mass is 35.5. The SMILES string of the molecule is Cc1cc(Cl)ccc1OC(=O)COc1ccc([N+](=O)[O-])c(C)c1. The fraction of sp³-hybridized carbons (Fsp3) is 0.188. The second-order valence-corrected chi connectivity index (χ2v) is 5.31. The quantitative estimate of drug-likeness (QED) is 0.359. The number of aryl methyl sites for hydroxylation is 2. The van der Waals surface area contributed by atoms with Crippen LogP contribution in [0.5, 0.6) is 11.5 Å². The number of nitro benzene ring substituents is 1. The predicted molar refractivity (Wildman–Crippen MR) is 85.2 cm³/mol. The summed E-state index contributed by atoms with van der Waals surface area (Å²) in [5.41, 5.74) is 1.18. The summed E-state index contributed by atoms with van der Waals surface area (Å²) in [5.74, 6) is 0.187. The van der Waals surface area contributed by atoms with E-state index in [9.17, 15) is 14.9 Å². The minimum absolute atomic E-state index is 0.00304. The van der Waals surface area contributed by atoms with Crippen LogP contribution in [-0.4, -0.2) is 17.5 Å². The lowest BCUT2D eigenvalue weighted by Crippen LogP contribution is -2.18. The average Bonchev–Trinajstić information content (AvgIpc) is 2.48. The van der Waals surface area contributed by atoms with Crippen molar-refractivity contribution < 1.29 is 19.2 Å². The molecule has 0 heterocycles. The van der Waals surface area contributed by atoms with Crippen molar-refractivity contribution in [2.75, 3.05) is 6.61 Å². The molecule has 6 nitrogen and oxygen atoms in total. The first-order chi connectivity index (χ1) is 10.9. The number of benzene rings is 2. The summed E-state index contributed by atoms with van der Waals surface area (Å²) in [6.07, 6.45) is 0. The van der Waals surface area contributed by atoms with Crippen LogP contribution in [0.25, 0.3) is 0 Å². The van der Waals surface area contributed by atoms with Crippen molar-refractivity contribution in [1.29, 1.82) is 0 Å². The third-order valence-corrected chi connectivity index (χ3v) is 3.32. The molecule has 120 valence electrons. The van der Waals surface area contributed by atoms with Crippen molar-refractivity contribution in [3.63, 3.8) is 0 Å². The first-order valence-electron chi connectivity index (χ1n) is 6.71. The molecular weight excluding hydrogens is 322 g/mol. The van der Waals surface area contributed by atoms with E-state index >= 15 is 0 Å². The van der Waals surface area contributed by atoms with Crippen molar-refractivity contribution >= 4 is 23.3 Å². The molecule has 0 spiro atoms. The number of hydrogen-bond acceptors (Lipinski definition) is 5. The lowest BCUT2D eigenvalue weighted by Gasteiger charge is -2.09. The van der Waals surface area contributed by atoms with Gasteiger partial charge in [-0.15, -0.1) is 0 Å². The van der Waals surface area contributed by atoms with Crippen LogP contribution in [0.4, 0.5) is 5.69 Å². The Labute approximate surface area is 137 Å². The van der Waals surface area contributed by atoms with E-state index in [1.54, 1.807) is 32.0 Å². The number of esters is 1. The minimum atomic E-state index is -0.577. The van der Waals surface area contributed by atoms with Gasteiger partial charge in [0.2, 0.25) is 0 Å². The molecule has 0 aliphatic carbocycles. The van der Waals surface area contributed by atoms with E-state index in [0.29, 0.717) is 22.1 Å². The Morgan fingerprint density at radius 3 is 2.52 bits per heavy atom. The monoisotopic (exact) mass is 335 g/mol. The van der Waals surface area contributed by atoms with Gasteiger partial charge in [0.1, 0.15) is 11.5 Å². The number of carbonyl (C=O) groups excluding carboxylic acids is 1. The molecule has 0 N–H and O–H groups in total. The molecule has 0 aromatic heterocycles. The van der Waals surface area contributed by atoms with E-state index in [0.717, 1.165) is 5.56 Å². The summed E-state index contributed by atoms with van der Waals surface area (Å²) in [6, 6.07) is 9.18. The van der Waals surface area contributed by atoms with Gasteiger partial charge in [0.15, 0.2) is 6.61 Å². The normalized spacial score (nSPS) is 10.2. The molecule has 2 aromatic rings. The largest absolute Gasteiger partial charge is 0.482 e. The zero-order valence-electron chi connectivity index (χ0n) is 12.5. The molecule has 2 rings (SSSR count). The number of hydrogen-bond donors (Lipinski definition) is 0. The van der Waals surface area contributed by atoms with Gasteiger partial charge < -0.3 is 9.47 Å². The van der Waals surface area contributed by atoms with Crippen LogP contribution in [0.3, 0.4) is 0 Å². The summed E-state index contributed by atoms with van der Waals surface area (Å²) < 4.78 is 10.5. The molecule has 0 amide bonds. The van der Waals surface area contributed by atoms with E-state index < -0.39 is 10.9 Å². The molecule has 0 saturated carbocycles. The molecular formula is C16H14ClNO5. The molecule has 7 heteroatoms. The predicted octanol–water partition coefficient (Wildman–Crippen LogP) is 3.85. The van der Waals surface area contributed by atoms with Crippen molar-refractivity contribution in [3.05, 3.63) is 62.7 Å². The Kier molecular flexibility index (Phi) is 5.18. The van der Waals surface area contributed by atoms with E-state index in [1.165, 1.54) is 18.2 Å². The summed E-state index contributed by atoms with van der Waals surface area (Å²) in [5, 5.41) is 11.3. The molecule has 0 fully saturated rings. The van der Waals surface area contributed by atoms with Gasteiger partial charge in [0.05, 0.1) is 4.92 Å². The van der Waals surface area contributed by atoms with Gasteiger partial charge in [0, 0.05) is 16.7 Å². The first-order valence-corrected chi connectivity index (χ1v) is 7.09. The van der Waals surface area contributed by atoms with E-state index in [2.05, 4.69) is 0 Å². The van der Waals surface area contributed by atoms with Crippen LogP contribution in [0.2, 0.25) is 5.02 Å². The van der Waals surface area contributed by atoms with Crippen molar-refractivity contribution in [3.8, 4) is 11.5 Å². The Hall–Kier alpha value is -2.60. The average molecular weight is 336 g/mol. The van der Waals surface area contributed by atoms with Crippen LogP contribution in [0.1, 0.15) is 11.1 Å². The zero-order chi connectivity index (χ0) is 17.0. The molecule has 0 radical (unpaired) electrons. The highest BCUT2D eigenvalue weighted by Crippen LogP contribution is 2.24. The summed E-state index contributed by atoms with van der Waals surface area (Å²) in [7, 11) is 0. The second-order valence-electron chi connectivity index (χ2n) is 4.88. The van der Waals surface area contributed by atoms with E-state index in [4.69, 9.17) is 21.1 Å². The third-order valence-electron chi connectivity index (χ3n) is 3.08. The number of rotatable bonds is 5. The smallest absolute Gasteiger partial charge is 0.349 e. The van der Waals surface area contributed by atoms with Crippen LogP contribution in [-0.2, 0) is 4.79 Å². The lowest BCUT2D eigenvalue weighted by atomic mass is 10.2. The molecule has 0 bridgehead atoms. The summed E-state index contributed by atoms with van der Waals surface area (Å²) in [4.78, 5) is 22.1. The number of nitrogens with zero attached hydrogens (tertiary/aromatic N) is 1. The standard InChI is InChI=1S/C16H14ClNO5/c1-10-8-13(4-5-14(10)18(20)21)22-9-16(19)23-15-6-3-12(17)7-11(15)2/h3-8H,9H2,1-2H3. The number of ether oxygens (including phenoxy) is 2. The molecule has 0 atom stereocenters. The van der Waals surface area contributed by atoms with E-state index in [1.807, 2.05) is 0 Å². The van der Waals surface area contributed by atoms with Gasteiger partial charge in [-0.3, -0.25) is 10.1 Å². The van der Waals surface area contributed by atoms with Crippen molar-refractivity contribution in [2.24, 2.45) is 0 Å². The Balaban J connectivity index is 1.96. The summed E-state index contributed by atoms with van der Waals surface area (Å²) >= 11 is 5.83. The Bertz CT molecular complexity index is 760. The number of carbonyl (C=O) groups is 1. The Morgan fingerprint density at radius 1 is 1.17 bits per heavy atom. The van der Waals surface area contributed by atoms with Gasteiger partial charge >= 0.3 is 5.97 Å². The fourth-order valence-corrected chi connectivity index (χ4v) is 2.17. The highest BCUT2D eigenvalue weighted by molar-refractivity contribution is 6.30. The topological polar surface area (TPSA) is 78.7 Å². The maximum Gasteiger partial charge on any atom is 0.349 e. The van der Waals surface area contributed by atoms with Gasteiger partial charge in [0.25, 0.3) is 5.69 Å². The van der Waals surface area contributed by atoms with Gasteiger partial charge in [-0.05, 0) is 49.7 Å². The number of nitro groups is 1. The molecule has 23 heavy (non-hydrogen) atoms. The minimum Gasteiger partial charge on any atom is -0.482 e. The van der Waals surface area contributed by atoms with Crippen molar-refractivity contribution in [1.82, 2.24) is 0 Å². The number of halogens is 1. The fourth-order valence-electron chi connectivity index (χ4n) is 1.94. The molecule has 0 saturated heterocycles. The van der Waals surface area contributed by atoms with Gasteiger partial charge in [-0.25, -0.2) is 4.79 Å². The van der Waals surface area contributed by atoms with E-state index in [-0.39, 0.29) is 12.3 Å². The van der Waals surface area contributed by atoms with Crippen molar-refractivity contribution in [2.45, 2.75) is 13.8 Å². The lowest BCUT2D eigenvalue weighted by molar-refractivity contribution is -0.385. The first kappa shape index (κ1) is 16.8. The van der Waals surface area contributed by atoms with Gasteiger partial charge in [-0.2, -0.15) is 0 Å². The summed E-state index contributed by atoms with van der Waals surface area (Å²) in [6.45, 7) is 3.06.